The van der Waals surface area contributed by atoms with Crippen LogP contribution in [0.5, 0.6) is 0 Å². The highest BCUT2D eigenvalue weighted by Crippen LogP contribution is 2.36. The van der Waals surface area contributed by atoms with Crippen molar-refractivity contribution < 1.29 is 4.74 Å². The van der Waals surface area contributed by atoms with E-state index in [9.17, 15) is 0 Å². The number of rotatable bonds is 5. The maximum Gasteiger partial charge on any atom is 0.0797 e. The zero-order chi connectivity index (χ0) is 17.1. The molecule has 5 heteroatoms. The molecule has 4 rings (SSSR count). The molecular formula is C22H30Cl2N2O. The quantitative estimate of drug-likeness (QED) is 0.807. The van der Waals surface area contributed by atoms with E-state index in [1.165, 1.54) is 16.7 Å². The first-order valence-corrected chi connectivity index (χ1v) is 9.46. The second kappa shape index (κ2) is 9.90. The Hall–Kier alpha value is -1.10. The summed E-state index contributed by atoms with van der Waals surface area (Å²) in [7, 11) is 0. The van der Waals surface area contributed by atoms with E-state index in [1.807, 2.05) is 0 Å². The lowest BCUT2D eigenvalue weighted by Crippen LogP contribution is -2.59. The molecule has 1 aliphatic heterocycles. The lowest BCUT2D eigenvalue weighted by atomic mass is 9.93. The number of hydrogen-bond acceptors (Lipinski definition) is 3. The third kappa shape index (κ3) is 4.85. The number of halogens is 2. The van der Waals surface area contributed by atoms with Crippen LogP contribution < -0.4 is 5.32 Å². The largest absolute Gasteiger partial charge is 0.372 e. The number of benzene rings is 2. The molecule has 2 aromatic rings. The van der Waals surface area contributed by atoms with Gasteiger partial charge in [-0.3, -0.25) is 4.90 Å². The number of nitrogens with zero attached hydrogens (tertiary/aromatic N) is 1. The van der Waals surface area contributed by atoms with Gasteiger partial charge in [0.25, 0.3) is 0 Å². The number of piperazine rings is 1. The SMILES string of the molecule is CC(OCC1(N2CCNCC2)Cc2ccccc2C1)c1ccccc1.Cl.Cl. The summed E-state index contributed by atoms with van der Waals surface area (Å²) in [6.07, 6.45) is 2.33. The average molecular weight is 409 g/mol. The van der Waals surface area contributed by atoms with Gasteiger partial charge in [-0.25, -0.2) is 0 Å². The van der Waals surface area contributed by atoms with E-state index in [-0.39, 0.29) is 36.5 Å². The van der Waals surface area contributed by atoms with Crippen LogP contribution in [0.3, 0.4) is 0 Å². The Balaban J connectivity index is 0.00000131. The summed E-state index contributed by atoms with van der Waals surface area (Å²) < 4.78 is 6.44. The van der Waals surface area contributed by atoms with Crippen LogP contribution in [0.2, 0.25) is 0 Å². The number of hydrogen-bond donors (Lipinski definition) is 1. The van der Waals surface area contributed by atoms with Crippen molar-refractivity contribution in [1.29, 1.82) is 0 Å². The van der Waals surface area contributed by atoms with Gasteiger partial charge in [0.1, 0.15) is 0 Å². The number of fused-ring (bicyclic) bond motifs is 1. The summed E-state index contributed by atoms with van der Waals surface area (Å²) in [6, 6.07) is 19.5. The topological polar surface area (TPSA) is 24.5 Å². The molecule has 3 nitrogen and oxygen atoms in total. The van der Waals surface area contributed by atoms with Gasteiger partial charge in [0.2, 0.25) is 0 Å². The first kappa shape index (κ1) is 22.2. The lowest BCUT2D eigenvalue weighted by Gasteiger charge is -2.44. The molecule has 1 fully saturated rings. The Morgan fingerprint density at radius 1 is 0.926 bits per heavy atom. The van der Waals surface area contributed by atoms with Crippen LogP contribution in [0.1, 0.15) is 29.7 Å². The first-order chi connectivity index (χ1) is 12.3. The molecule has 0 aromatic heterocycles. The van der Waals surface area contributed by atoms with Gasteiger partial charge in [0.05, 0.1) is 18.2 Å². The zero-order valence-corrected chi connectivity index (χ0v) is 17.5. The van der Waals surface area contributed by atoms with Crippen molar-refractivity contribution in [1.82, 2.24) is 10.2 Å². The monoisotopic (exact) mass is 408 g/mol. The molecule has 1 N–H and O–H groups in total. The molecule has 0 saturated carbocycles. The van der Waals surface area contributed by atoms with Crippen LogP contribution in [0.25, 0.3) is 0 Å². The standard InChI is InChI=1S/C22H28N2O.2ClH/c1-18(19-7-3-2-4-8-19)25-17-22(24-13-11-23-12-14-24)15-20-9-5-6-10-21(20)16-22;;/h2-10,18,23H,11-17H2,1H3;2*1H. The summed E-state index contributed by atoms with van der Waals surface area (Å²) in [4.78, 5) is 2.67. The van der Waals surface area contributed by atoms with Crippen LogP contribution in [-0.2, 0) is 17.6 Å². The molecule has 1 aliphatic carbocycles. The van der Waals surface area contributed by atoms with Crippen molar-refractivity contribution in [3.05, 3.63) is 71.3 Å². The van der Waals surface area contributed by atoms with Gasteiger partial charge in [-0.05, 0) is 36.5 Å². The highest BCUT2D eigenvalue weighted by atomic mass is 35.5. The minimum absolute atomic E-state index is 0. The molecule has 148 valence electrons. The molecule has 2 aliphatic rings. The third-order valence-electron chi connectivity index (χ3n) is 5.82. The summed E-state index contributed by atoms with van der Waals surface area (Å²) in [5.41, 5.74) is 4.36. The molecule has 0 amide bonds. The van der Waals surface area contributed by atoms with Gasteiger partial charge in [-0.1, -0.05) is 54.6 Å². The predicted octanol–water partition coefficient (Wildman–Crippen LogP) is 4.05. The van der Waals surface area contributed by atoms with Crippen molar-refractivity contribution in [2.45, 2.75) is 31.4 Å². The van der Waals surface area contributed by atoms with Crippen LogP contribution in [-0.4, -0.2) is 43.2 Å². The summed E-state index contributed by atoms with van der Waals surface area (Å²) >= 11 is 0. The molecule has 1 heterocycles. The number of nitrogens with one attached hydrogen (secondary N) is 1. The van der Waals surface area contributed by atoms with E-state index in [2.05, 4.69) is 71.7 Å². The van der Waals surface area contributed by atoms with E-state index < -0.39 is 0 Å². The Morgan fingerprint density at radius 2 is 1.48 bits per heavy atom. The fourth-order valence-electron chi connectivity index (χ4n) is 4.33. The van der Waals surface area contributed by atoms with Gasteiger partial charge in [0.15, 0.2) is 0 Å². The highest BCUT2D eigenvalue weighted by Gasteiger charge is 2.43. The smallest absolute Gasteiger partial charge is 0.0797 e. The van der Waals surface area contributed by atoms with Crippen LogP contribution in [0.15, 0.2) is 54.6 Å². The molecule has 2 aromatic carbocycles. The van der Waals surface area contributed by atoms with Crippen LogP contribution in [0.4, 0.5) is 0 Å². The minimum atomic E-state index is 0. The van der Waals surface area contributed by atoms with Crippen LogP contribution in [0, 0.1) is 0 Å². The molecule has 0 spiro atoms. The second-order valence-electron chi connectivity index (χ2n) is 7.45. The van der Waals surface area contributed by atoms with Gasteiger partial charge >= 0.3 is 0 Å². The maximum absolute atomic E-state index is 6.44. The van der Waals surface area contributed by atoms with Gasteiger partial charge in [0, 0.05) is 26.2 Å². The molecule has 1 unspecified atom stereocenters. The van der Waals surface area contributed by atoms with Gasteiger partial charge in [-0.15, -0.1) is 24.8 Å². The molecule has 0 radical (unpaired) electrons. The maximum atomic E-state index is 6.44. The number of ether oxygens (including phenoxy) is 1. The molecule has 27 heavy (non-hydrogen) atoms. The predicted molar refractivity (Wildman–Crippen MR) is 116 cm³/mol. The fourth-order valence-corrected chi connectivity index (χ4v) is 4.33. The Kier molecular flexibility index (Phi) is 8.14. The van der Waals surface area contributed by atoms with E-state index in [4.69, 9.17) is 4.74 Å². The van der Waals surface area contributed by atoms with E-state index in [0.29, 0.717) is 0 Å². The second-order valence-corrected chi connectivity index (χ2v) is 7.45. The summed E-state index contributed by atoms with van der Waals surface area (Å²) in [5.74, 6) is 0. The van der Waals surface area contributed by atoms with Crippen molar-refractivity contribution in [2.24, 2.45) is 0 Å². The molecule has 1 atom stereocenters. The third-order valence-corrected chi connectivity index (χ3v) is 5.82. The lowest BCUT2D eigenvalue weighted by molar-refractivity contribution is -0.0379. The molecule has 1 saturated heterocycles. The molecule has 0 bridgehead atoms. The normalized spacial score (nSPS) is 19.4. The Bertz CT molecular complexity index is 679. The Labute approximate surface area is 175 Å². The van der Waals surface area contributed by atoms with E-state index >= 15 is 0 Å². The van der Waals surface area contributed by atoms with Gasteiger partial charge < -0.3 is 10.1 Å². The van der Waals surface area contributed by atoms with Crippen molar-refractivity contribution in [2.75, 3.05) is 32.8 Å². The average Bonchev–Trinajstić information content (AvgIpc) is 3.07. The molecular weight excluding hydrogens is 379 g/mol. The van der Waals surface area contributed by atoms with E-state index in [1.54, 1.807) is 0 Å². The summed E-state index contributed by atoms with van der Waals surface area (Å²) in [6.45, 7) is 7.33. The Morgan fingerprint density at radius 3 is 2.07 bits per heavy atom. The van der Waals surface area contributed by atoms with Crippen molar-refractivity contribution in [3.63, 3.8) is 0 Å². The van der Waals surface area contributed by atoms with Crippen LogP contribution >= 0.6 is 24.8 Å². The minimum Gasteiger partial charge on any atom is -0.372 e. The van der Waals surface area contributed by atoms with Crippen molar-refractivity contribution >= 4 is 24.8 Å². The van der Waals surface area contributed by atoms with Crippen molar-refractivity contribution in [3.8, 4) is 0 Å². The van der Waals surface area contributed by atoms with Gasteiger partial charge in [-0.2, -0.15) is 0 Å². The zero-order valence-electron chi connectivity index (χ0n) is 15.9. The first-order valence-electron chi connectivity index (χ1n) is 9.46. The highest BCUT2D eigenvalue weighted by molar-refractivity contribution is 5.85. The fraction of sp³-hybridized carbons (Fsp3) is 0.455. The summed E-state index contributed by atoms with van der Waals surface area (Å²) in [5, 5.41) is 3.48. The van der Waals surface area contributed by atoms with E-state index in [0.717, 1.165) is 45.6 Å².